The Morgan fingerprint density at radius 1 is 0.479 bits per heavy atom. The van der Waals surface area contributed by atoms with Crippen LogP contribution >= 0.6 is 0 Å². The lowest BCUT2D eigenvalue weighted by Crippen LogP contribution is -2.61. The summed E-state index contributed by atoms with van der Waals surface area (Å²) in [6.07, 6.45) is 44.9. The molecule has 12 heteroatoms. The van der Waals surface area contributed by atoms with Gasteiger partial charge in [0.2, 0.25) is 0 Å². The van der Waals surface area contributed by atoms with Crippen LogP contribution in [0.15, 0.2) is 60.8 Å². The van der Waals surface area contributed by atoms with Gasteiger partial charge in [0.25, 0.3) is 0 Å². The first-order chi connectivity index (χ1) is 34.6. The Balaban J connectivity index is 2.72. The minimum absolute atomic E-state index is 0.0476. The molecule has 3 N–H and O–H groups in total. The highest BCUT2D eigenvalue weighted by atomic mass is 16.7. The van der Waals surface area contributed by atoms with Crippen LogP contribution in [0.4, 0.5) is 0 Å². The Kier molecular flexibility index (Phi) is 43.7. The number of ether oxygens (including phenoxy) is 5. The molecule has 408 valence electrons. The molecule has 1 fully saturated rings. The van der Waals surface area contributed by atoms with Gasteiger partial charge in [-0.05, 0) is 77.0 Å². The highest BCUT2D eigenvalue weighted by molar-refractivity contribution is 5.74. The van der Waals surface area contributed by atoms with Gasteiger partial charge in [0.05, 0.1) is 6.61 Å². The molecule has 12 nitrogen and oxygen atoms in total. The van der Waals surface area contributed by atoms with E-state index in [4.69, 9.17) is 23.7 Å². The van der Waals surface area contributed by atoms with E-state index in [1.807, 2.05) is 0 Å². The number of esters is 3. The number of carbonyl (C=O) groups is 4. The third-order valence-corrected chi connectivity index (χ3v) is 12.6. The second-order valence-corrected chi connectivity index (χ2v) is 19.2. The van der Waals surface area contributed by atoms with Crippen molar-refractivity contribution in [2.45, 2.75) is 276 Å². The summed E-state index contributed by atoms with van der Waals surface area (Å²) in [4.78, 5) is 51.0. The molecule has 6 unspecified atom stereocenters. The van der Waals surface area contributed by atoms with Crippen molar-refractivity contribution in [3.63, 3.8) is 0 Å². The van der Waals surface area contributed by atoms with Crippen LogP contribution in [0.2, 0.25) is 0 Å². The van der Waals surface area contributed by atoms with Gasteiger partial charge in [0, 0.05) is 19.3 Å². The summed E-state index contributed by atoms with van der Waals surface area (Å²) >= 11 is 0. The average molecular weight is 1000 g/mol. The van der Waals surface area contributed by atoms with E-state index in [2.05, 4.69) is 81.5 Å². The smallest absolute Gasteiger partial charge is 0.335 e. The van der Waals surface area contributed by atoms with Crippen LogP contribution in [0.25, 0.3) is 0 Å². The number of aliphatic carboxylic acids is 1. The van der Waals surface area contributed by atoms with E-state index in [0.29, 0.717) is 19.3 Å². The van der Waals surface area contributed by atoms with Crippen LogP contribution in [0.1, 0.15) is 239 Å². The Bertz CT molecular complexity index is 1470. The van der Waals surface area contributed by atoms with Gasteiger partial charge < -0.3 is 39.0 Å². The fourth-order valence-electron chi connectivity index (χ4n) is 8.22. The Hall–Kier alpha value is -3.58. The number of hydrogen-bond acceptors (Lipinski definition) is 11. The van der Waals surface area contributed by atoms with Crippen LogP contribution in [0.5, 0.6) is 0 Å². The molecule has 6 atom stereocenters. The number of carbonyl (C=O) groups excluding carboxylic acids is 3. The zero-order valence-corrected chi connectivity index (χ0v) is 44.7. The summed E-state index contributed by atoms with van der Waals surface area (Å²) < 4.78 is 28.3. The minimum Gasteiger partial charge on any atom is -0.479 e. The largest absolute Gasteiger partial charge is 0.479 e. The summed E-state index contributed by atoms with van der Waals surface area (Å²) in [5.74, 6) is -3.15. The van der Waals surface area contributed by atoms with Gasteiger partial charge in [-0.3, -0.25) is 14.4 Å². The summed E-state index contributed by atoms with van der Waals surface area (Å²) in [6, 6.07) is 0. The fraction of sp³-hybridized carbons (Fsp3) is 0.763. The van der Waals surface area contributed by atoms with Gasteiger partial charge in [-0.15, -0.1) is 0 Å². The highest BCUT2D eigenvalue weighted by Crippen LogP contribution is 2.26. The summed E-state index contributed by atoms with van der Waals surface area (Å²) in [5.41, 5.74) is 0. The second-order valence-electron chi connectivity index (χ2n) is 19.2. The van der Waals surface area contributed by atoms with Crippen molar-refractivity contribution >= 4 is 23.9 Å². The SMILES string of the molecule is CC/C=C\C/C=C\C/C=C\C/C=C\CCCCCCC(=O)OCC(COC1OC(C(=O)O)C(O)C(O)C1OC(=O)CCCCCCC/C=C\CCCC)OC(=O)CCCCCCCCCCCCCCC. The maximum absolute atomic E-state index is 13.1. The zero-order chi connectivity index (χ0) is 51.8. The third kappa shape index (κ3) is 37.8. The monoisotopic (exact) mass is 1000 g/mol. The Morgan fingerprint density at radius 2 is 0.901 bits per heavy atom. The molecular weight excluding hydrogens is 901 g/mol. The first kappa shape index (κ1) is 65.4. The van der Waals surface area contributed by atoms with E-state index in [0.717, 1.165) is 109 Å². The summed E-state index contributed by atoms with van der Waals surface area (Å²) in [7, 11) is 0. The van der Waals surface area contributed by atoms with E-state index in [1.165, 1.54) is 70.6 Å². The quantitative estimate of drug-likeness (QED) is 0.0228. The van der Waals surface area contributed by atoms with Gasteiger partial charge in [-0.1, -0.05) is 204 Å². The van der Waals surface area contributed by atoms with Crippen molar-refractivity contribution in [1.82, 2.24) is 0 Å². The molecule has 1 heterocycles. The molecule has 1 rings (SSSR count). The summed E-state index contributed by atoms with van der Waals surface area (Å²) in [5, 5.41) is 31.4. The van der Waals surface area contributed by atoms with Crippen molar-refractivity contribution in [2.24, 2.45) is 0 Å². The van der Waals surface area contributed by atoms with Gasteiger partial charge in [0.1, 0.15) is 18.8 Å². The van der Waals surface area contributed by atoms with E-state index >= 15 is 0 Å². The molecule has 0 aromatic rings. The lowest BCUT2D eigenvalue weighted by atomic mass is 9.98. The highest BCUT2D eigenvalue weighted by Gasteiger charge is 2.50. The van der Waals surface area contributed by atoms with Crippen molar-refractivity contribution in [2.75, 3.05) is 13.2 Å². The maximum Gasteiger partial charge on any atom is 0.335 e. The number of hydrogen-bond donors (Lipinski definition) is 3. The lowest BCUT2D eigenvalue weighted by Gasteiger charge is -2.40. The fourth-order valence-corrected chi connectivity index (χ4v) is 8.22. The van der Waals surface area contributed by atoms with Gasteiger partial charge in [-0.25, -0.2) is 4.79 Å². The number of allylic oxidation sites excluding steroid dienone is 10. The average Bonchev–Trinajstić information content (AvgIpc) is 3.35. The number of unbranched alkanes of at least 4 members (excludes halogenated alkanes) is 23. The topological polar surface area (TPSA) is 175 Å². The summed E-state index contributed by atoms with van der Waals surface area (Å²) in [6.45, 7) is 5.80. The molecule has 0 spiro atoms. The zero-order valence-electron chi connectivity index (χ0n) is 44.7. The molecule has 1 aliphatic rings. The minimum atomic E-state index is -1.91. The van der Waals surface area contributed by atoms with Crippen molar-refractivity contribution in [3.8, 4) is 0 Å². The molecule has 1 saturated heterocycles. The third-order valence-electron chi connectivity index (χ3n) is 12.6. The van der Waals surface area contributed by atoms with Gasteiger partial charge in [-0.2, -0.15) is 0 Å². The predicted molar refractivity (Wildman–Crippen MR) is 285 cm³/mol. The first-order valence-electron chi connectivity index (χ1n) is 28.3. The Labute approximate surface area is 430 Å². The molecule has 0 aliphatic carbocycles. The van der Waals surface area contributed by atoms with E-state index in [-0.39, 0.29) is 25.9 Å². The standard InChI is InChI=1S/C59H100O12/c1-4-7-10-13-16-19-22-24-25-26-27-29-31-33-36-39-42-45-51(60)67-48-50(69-52(61)46-43-40-37-35-32-28-23-20-17-14-11-8-5-2)49-68-59-57(55(64)54(63)56(71-59)58(65)66)70-53(62)47-44-41-38-34-30-21-18-15-12-9-6-3/h7,10,15-16,18-19,24-25,27,29,50,54-57,59,63-64H,4-6,8-9,11-14,17,20-23,26,28,30-49H2,1-3H3,(H,65,66)/b10-7-,18-15-,19-16-,25-24-,29-27-. The molecule has 71 heavy (non-hydrogen) atoms. The van der Waals surface area contributed by atoms with Crippen LogP contribution in [-0.4, -0.2) is 89.2 Å². The molecular formula is C59H100O12. The Morgan fingerprint density at radius 3 is 1.41 bits per heavy atom. The number of carboxylic acid groups (broad SMARTS) is 1. The van der Waals surface area contributed by atoms with Crippen LogP contribution in [0.3, 0.4) is 0 Å². The predicted octanol–water partition coefficient (Wildman–Crippen LogP) is 14.0. The molecule has 0 bridgehead atoms. The van der Waals surface area contributed by atoms with Crippen LogP contribution in [-0.2, 0) is 42.9 Å². The molecule has 1 aliphatic heterocycles. The molecule has 0 radical (unpaired) electrons. The number of rotatable bonds is 47. The van der Waals surface area contributed by atoms with Gasteiger partial charge >= 0.3 is 23.9 Å². The van der Waals surface area contributed by atoms with E-state index in [1.54, 1.807) is 0 Å². The normalized spacial score (nSPS) is 18.9. The van der Waals surface area contributed by atoms with Crippen LogP contribution in [0, 0.1) is 0 Å². The van der Waals surface area contributed by atoms with Crippen molar-refractivity contribution in [3.05, 3.63) is 60.8 Å². The lowest BCUT2D eigenvalue weighted by molar-refractivity contribution is -0.301. The van der Waals surface area contributed by atoms with Crippen molar-refractivity contribution < 1.29 is 58.2 Å². The molecule has 0 aromatic carbocycles. The van der Waals surface area contributed by atoms with Gasteiger partial charge in [0.15, 0.2) is 24.6 Å². The first-order valence-corrected chi connectivity index (χ1v) is 28.3. The van der Waals surface area contributed by atoms with Crippen LogP contribution < -0.4 is 0 Å². The number of aliphatic hydroxyl groups is 2. The van der Waals surface area contributed by atoms with E-state index < -0.39 is 67.3 Å². The van der Waals surface area contributed by atoms with Crippen molar-refractivity contribution in [1.29, 1.82) is 0 Å². The number of aliphatic hydroxyl groups excluding tert-OH is 2. The maximum atomic E-state index is 13.1. The molecule has 0 amide bonds. The van der Waals surface area contributed by atoms with E-state index in [9.17, 15) is 34.5 Å². The number of carboxylic acids is 1. The molecule has 0 saturated carbocycles. The molecule has 0 aromatic heterocycles. The second kappa shape index (κ2) is 47.4.